The van der Waals surface area contributed by atoms with Gasteiger partial charge in [0.25, 0.3) is 0 Å². The van der Waals surface area contributed by atoms with Gasteiger partial charge in [0.2, 0.25) is 0 Å². The Bertz CT molecular complexity index is 893. The van der Waals surface area contributed by atoms with Gasteiger partial charge in [-0.1, -0.05) is 31.2 Å². The van der Waals surface area contributed by atoms with Crippen molar-refractivity contribution in [1.29, 1.82) is 0 Å². The largest absolute Gasteiger partial charge is 0.491 e. The molecule has 3 aromatic rings. The predicted octanol–water partition coefficient (Wildman–Crippen LogP) is 3.31. The van der Waals surface area contributed by atoms with Crippen LogP contribution in [-0.4, -0.2) is 32.8 Å². The average molecular weight is 352 g/mol. The van der Waals surface area contributed by atoms with Gasteiger partial charge in [0, 0.05) is 18.3 Å². The zero-order valence-electron chi connectivity index (χ0n) is 14.6. The van der Waals surface area contributed by atoms with E-state index in [1.165, 1.54) is 0 Å². The first kappa shape index (κ1) is 17.4. The van der Waals surface area contributed by atoms with Crippen LogP contribution in [-0.2, 0) is 7.05 Å². The summed E-state index contributed by atoms with van der Waals surface area (Å²) >= 11 is 0. The minimum Gasteiger partial charge on any atom is -0.491 e. The summed E-state index contributed by atoms with van der Waals surface area (Å²) in [6.45, 7) is 2.62. The number of ether oxygens (including phenoxy) is 1. The second-order valence-electron chi connectivity index (χ2n) is 5.63. The zero-order chi connectivity index (χ0) is 18.4. The summed E-state index contributed by atoms with van der Waals surface area (Å²) in [5.74, 6) is 1.26. The summed E-state index contributed by atoms with van der Waals surface area (Å²) in [5, 5.41) is 17.0. The monoisotopic (exact) mass is 352 g/mol. The van der Waals surface area contributed by atoms with E-state index in [-0.39, 0.29) is 6.03 Å². The zero-order valence-corrected chi connectivity index (χ0v) is 14.6. The summed E-state index contributed by atoms with van der Waals surface area (Å²) in [7, 11) is 1.76. The molecule has 2 N–H and O–H groups in total. The Morgan fingerprint density at radius 3 is 2.77 bits per heavy atom. The van der Waals surface area contributed by atoms with E-state index >= 15 is 0 Å². The molecule has 0 spiro atoms. The van der Waals surface area contributed by atoms with E-state index in [4.69, 9.17) is 4.74 Å². The molecule has 1 heterocycles. The Morgan fingerprint density at radius 2 is 2.00 bits per heavy atom. The molecular formula is C18H20N6O2. The number of para-hydroxylation sites is 2. The third-order valence-corrected chi connectivity index (χ3v) is 3.60. The lowest BCUT2D eigenvalue weighted by Crippen LogP contribution is -2.20. The Kier molecular flexibility index (Phi) is 5.43. The number of nitrogens with one attached hydrogen (secondary N) is 2. The van der Waals surface area contributed by atoms with Crippen molar-refractivity contribution in [3.63, 3.8) is 0 Å². The van der Waals surface area contributed by atoms with Gasteiger partial charge in [-0.2, -0.15) is 0 Å². The number of amides is 2. The smallest absolute Gasteiger partial charge is 0.323 e. The third kappa shape index (κ3) is 4.15. The summed E-state index contributed by atoms with van der Waals surface area (Å²) in [6.07, 6.45) is 0.893. The number of hydrogen-bond donors (Lipinski definition) is 2. The molecule has 1 aromatic heterocycles. The average Bonchev–Trinajstić information content (AvgIpc) is 3.07. The summed E-state index contributed by atoms with van der Waals surface area (Å²) in [5.41, 5.74) is 2.06. The van der Waals surface area contributed by atoms with E-state index < -0.39 is 0 Å². The minimum absolute atomic E-state index is 0.356. The highest BCUT2D eigenvalue weighted by Gasteiger charge is 2.10. The summed E-state index contributed by atoms with van der Waals surface area (Å²) in [6, 6.07) is 14.3. The van der Waals surface area contributed by atoms with Gasteiger partial charge in [-0.3, -0.25) is 0 Å². The molecular weight excluding hydrogens is 332 g/mol. The van der Waals surface area contributed by atoms with Crippen molar-refractivity contribution in [3.8, 4) is 17.1 Å². The van der Waals surface area contributed by atoms with Crippen LogP contribution in [0.15, 0.2) is 48.5 Å². The molecule has 0 aliphatic heterocycles. The van der Waals surface area contributed by atoms with Crippen LogP contribution in [0.1, 0.15) is 13.3 Å². The Morgan fingerprint density at radius 1 is 1.15 bits per heavy atom. The molecule has 2 aromatic carbocycles. The molecule has 0 bridgehead atoms. The van der Waals surface area contributed by atoms with Crippen molar-refractivity contribution >= 4 is 17.4 Å². The molecule has 8 nitrogen and oxygen atoms in total. The molecule has 0 fully saturated rings. The van der Waals surface area contributed by atoms with Crippen LogP contribution < -0.4 is 15.4 Å². The fraction of sp³-hybridized carbons (Fsp3) is 0.222. The quantitative estimate of drug-likeness (QED) is 0.710. The molecule has 2 amide bonds. The molecule has 0 saturated carbocycles. The number of aromatic nitrogens is 4. The first-order valence-electron chi connectivity index (χ1n) is 8.30. The molecule has 8 heteroatoms. The molecule has 0 unspecified atom stereocenters. The number of benzene rings is 2. The van der Waals surface area contributed by atoms with E-state index in [9.17, 15) is 4.79 Å². The molecule has 0 aliphatic rings. The van der Waals surface area contributed by atoms with Gasteiger partial charge >= 0.3 is 6.03 Å². The van der Waals surface area contributed by atoms with Crippen LogP contribution in [0, 0.1) is 0 Å². The number of urea groups is 1. The topological polar surface area (TPSA) is 94.0 Å². The third-order valence-electron chi connectivity index (χ3n) is 3.60. The second kappa shape index (κ2) is 8.11. The first-order valence-corrected chi connectivity index (χ1v) is 8.30. The van der Waals surface area contributed by atoms with Crippen LogP contribution in [0.3, 0.4) is 0 Å². The molecule has 134 valence electrons. The second-order valence-corrected chi connectivity index (χ2v) is 5.63. The van der Waals surface area contributed by atoms with Gasteiger partial charge in [0.1, 0.15) is 5.75 Å². The SMILES string of the molecule is CCCOc1ccccc1NC(=O)Nc1cccc(-c2nnnn2C)c1. The molecule has 0 radical (unpaired) electrons. The maximum absolute atomic E-state index is 12.3. The fourth-order valence-corrected chi connectivity index (χ4v) is 2.40. The molecule has 0 atom stereocenters. The summed E-state index contributed by atoms with van der Waals surface area (Å²) < 4.78 is 7.22. The van der Waals surface area contributed by atoms with Crippen LogP contribution in [0.2, 0.25) is 0 Å². The van der Waals surface area contributed by atoms with Crippen LogP contribution in [0.5, 0.6) is 5.75 Å². The number of carbonyl (C=O) groups excluding carboxylic acids is 1. The number of carbonyl (C=O) groups is 1. The Hall–Kier alpha value is -3.42. The standard InChI is InChI=1S/C18H20N6O2/c1-3-11-26-16-10-5-4-9-15(16)20-18(25)19-14-8-6-7-13(12-14)17-21-22-23-24(17)2/h4-10,12H,3,11H2,1-2H3,(H2,19,20,25). The highest BCUT2D eigenvalue weighted by Crippen LogP contribution is 2.24. The molecule has 3 rings (SSSR count). The molecule has 26 heavy (non-hydrogen) atoms. The number of tetrazole rings is 1. The van der Waals surface area contributed by atoms with Gasteiger partial charge in [-0.05, 0) is 41.1 Å². The normalized spacial score (nSPS) is 10.4. The predicted molar refractivity (Wildman–Crippen MR) is 99.1 cm³/mol. The molecule has 0 aliphatic carbocycles. The fourth-order valence-electron chi connectivity index (χ4n) is 2.40. The van der Waals surface area contributed by atoms with Crippen molar-refractivity contribution in [3.05, 3.63) is 48.5 Å². The first-order chi connectivity index (χ1) is 12.7. The molecule has 0 saturated heterocycles. The lowest BCUT2D eigenvalue weighted by atomic mass is 10.2. The lowest BCUT2D eigenvalue weighted by molar-refractivity contribution is 0.262. The number of aryl methyl sites for hydroxylation is 1. The van der Waals surface area contributed by atoms with Gasteiger partial charge < -0.3 is 15.4 Å². The van der Waals surface area contributed by atoms with Crippen molar-refractivity contribution in [2.24, 2.45) is 7.05 Å². The van der Waals surface area contributed by atoms with Gasteiger partial charge in [-0.25, -0.2) is 9.48 Å². The number of anilines is 2. The van der Waals surface area contributed by atoms with Crippen LogP contribution in [0.4, 0.5) is 16.2 Å². The van der Waals surface area contributed by atoms with Crippen molar-refractivity contribution < 1.29 is 9.53 Å². The van der Waals surface area contributed by atoms with Crippen LogP contribution >= 0.6 is 0 Å². The van der Waals surface area contributed by atoms with E-state index in [0.29, 0.717) is 29.6 Å². The van der Waals surface area contributed by atoms with Gasteiger partial charge in [0.15, 0.2) is 5.82 Å². The van der Waals surface area contributed by atoms with E-state index in [1.807, 2.05) is 43.3 Å². The van der Waals surface area contributed by atoms with Crippen molar-refractivity contribution in [2.45, 2.75) is 13.3 Å². The van der Waals surface area contributed by atoms with Gasteiger partial charge in [-0.15, -0.1) is 5.10 Å². The lowest BCUT2D eigenvalue weighted by Gasteiger charge is -2.13. The minimum atomic E-state index is -0.356. The maximum Gasteiger partial charge on any atom is 0.323 e. The van der Waals surface area contributed by atoms with Crippen LogP contribution in [0.25, 0.3) is 11.4 Å². The van der Waals surface area contributed by atoms with E-state index in [2.05, 4.69) is 26.2 Å². The highest BCUT2D eigenvalue weighted by atomic mass is 16.5. The number of hydrogen-bond acceptors (Lipinski definition) is 5. The summed E-state index contributed by atoms with van der Waals surface area (Å²) in [4.78, 5) is 12.3. The Balaban J connectivity index is 1.70. The van der Waals surface area contributed by atoms with E-state index in [1.54, 1.807) is 23.9 Å². The van der Waals surface area contributed by atoms with Crippen molar-refractivity contribution in [2.75, 3.05) is 17.2 Å². The van der Waals surface area contributed by atoms with Gasteiger partial charge in [0.05, 0.1) is 12.3 Å². The number of nitrogens with zero attached hydrogens (tertiary/aromatic N) is 4. The van der Waals surface area contributed by atoms with E-state index in [0.717, 1.165) is 12.0 Å². The Labute approximate surface area is 151 Å². The van der Waals surface area contributed by atoms with Crippen molar-refractivity contribution in [1.82, 2.24) is 20.2 Å². The highest BCUT2D eigenvalue weighted by molar-refractivity contribution is 6.00. The maximum atomic E-state index is 12.3. The number of rotatable bonds is 6.